The summed E-state index contributed by atoms with van der Waals surface area (Å²) >= 11 is 0. The molecule has 1 fully saturated rings. The number of rotatable bonds is 4. The van der Waals surface area contributed by atoms with Crippen LogP contribution in [0.1, 0.15) is 43.1 Å². The first-order valence-electron chi connectivity index (χ1n) is 8.66. The second kappa shape index (κ2) is 7.69. The fraction of sp³-hybridized carbons (Fsp3) is 0.579. The van der Waals surface area contributed by atoms with Gasteiger partial charge >= 0.3 is 0 Å². The van der Waals surface area contributed by atoms with E-state index in [0.29, 0.717) is 17.5 Å². The number of aliphatic imine (C=N–C) groups is 1. The van der Waals surface area contributed by atoms with Crippen molar-refractivity contribution in [2.45, 2.75) is 33.7 Å². The molecular formula is C19H30N4O. The van der Waals surface area contributed by atoms with E-state index in [1.54, 1.807) is 19.0 Å². The third kappa shape index (κ3) is 4.73. The van der Waals surface area contributed by atoms with Gasteiger partial charge < -0.3 is 15.1 Å². The van der Waals surface area contributed by atoms with Crippen LogP contribution in [0.25, 0.3) is 0 Å². The number of hydrogen-bond donors (Lipinski definition) is 1. The molecule has 1 saturated heterocycles. The minimum absolute atomic E-state index is 0.0256. The van der Waals surface area contributed by atoms with Crippen LogP contribution in [0.2, 0.25) is 0 Å². The first kappa shape index (κ1) is 18.3. The summed E-state index contributed by atoms with van der Waals surface area (Å²) in [6, 6.07) is 7.72. The van der Waals surface area contributed by atoms with Gasteiger partial charge in [0.2, 0.25) is 0 Å². The Labute approximate surface area is 145 Å². The molecule has 0 aromatic heterocycles. The number of hydrogen-bond acceptors (Lipinski definition) is 2. The van der Waals surface area contributed by atoms with Crippen LogP contribution < -0.4 is 5.32 Å². The lowest BCUT2D eigenvalue weighted by molar-refractivity contribution is 0.0827. The van der Waals surface area contributed by atoms with Crippen LogP contribution in [0.5, 0.6) is 0 Å². The molecule has 0 spiro atoms. The van der Waals surface area contributed by atoms with E-state index in [1.165, 1.54) is 6.42 Å². The number of benzene rings is 1. The molecule has 0 unspecified atom stereocenters. The zero-order valence-corrected chi connectivity index (χ0v) is 15.6. The lowest BCUT2D eigenvalue weighted by Crippen LogP contribution is -2.40. The number of nitrogens with one attached hydrogen (secondary N) is 1. The zero-order chi connectivity index (χ0) is 17.7. The Balaban J connectivity index is 2.05. The topological polar surface area (TPSA) is 47.9 Å². The van der Waals surface area contributed by atoms with Gasteiger partial charge in [0.25, 0.3) is 5.91 Å². The molecule has 1 aliphatic heterocycles. The molecule has 0 aliphatic carbocycles. The predicted molar refractivity (Wildman–Crippen MR) is 99.2 cm³/mol. The van der Waals surface area contributed by atoms with Crippen molar-refractivity contribution in [2.75, 3.05) is 33.7 Å². The van der Waals surface area contributed by atoms with E-state index >= 15 is 0 Å². The van der Waals surface area contributed by atoms with Crippen LogP contribution in [-0.2, 0) is 6.54 Å². The lowest BCUT2D eigenvalue weighted by Gasteiger charge is -2.23. The molecule has 0 saturated carbocycles. The molecule has 1 aliphatic rings. The number of amides is 1. The van der Waals surface area contributed by atoms with Crippen molar-refractivity contribution in [3.8, 4) is 0 Å². The van der Waals surface area contributed by atoms with E-state index in [1.807, 2.05) is 24.3 Å². The van der Waals surface area contributed by atoms with Gasteiger partial charge in [0, 0.05) is 39.3 Å². The average molecular weight is 330 g/mol. The second-order valence-electron chi connectivity index (χ2n) is 7.40. The Bertz CT molecular complexity index is 590. The molecule has 0 atom stereocenters. The highest BCUT2D eigenvalue weighted by atomic mass is 16.2. The highest BCUT2D eigenvalue weighted by Gasteiger charge is 2.30. The molecule has 2 rings (SSSR count). The molecule has 1 N–H and O–H groups in total. The van der Waals surface area contributed by atoms with E-state index in [-0.39, 0.29) is 5.91 Å². The monoisotopic (exact) mass is 330 g/mol. The summed E-state index contributed by atoms with van der Waals surface area (Å²) in [5, 5.41) is 3.39. The van der Waals surface area contributed by atoms with Crippen LogP contribution >= 0.6 is 0 Å². The SMILES string of the molecule is CCNC(=NCc1ccc(C(=O)N(C)C)cc1)N1CCC(C)(C)C1. The van der Waals surface area contributed by atoms with Crippen molar-refractivity contribution in [1.29, 1.82) is 0 Å². The van der Waals surface area contributed by atoms with Gasteiger partial charge in [-0.15, -0.1) is 0 Å². The summed E-state index contributed by atoms with van der Waals surface area (Å²) < 4.78 is 0. The predicted octanol–water partition coefficient (Wildman–Crippen LogP) is 2.59. The Morgan fingerprint density at radius 3 is 2.46 bits per heavy atom. The summed E-state index contributed by atoms with van der Waals surface area (Å²) in [5.41, 5.74) is 2.17. The Kier molecular flexibility index (Phi) is 5.86. The zero-order valence-electron chi connectivity index (χ0n) is 15.6. The molecular weight excluding hydrogens is 300 g/mol. The van der Waals surface area contributed by atoms with Crippen LogP contribution in [0.15, 0.2) is 29.3 Å². The van der Waals surface area contributed by atoms with E-state index in [4.69, 9.17) is 4.99 Å². The summed E-state index contributed by atoms with van der Waals surface area (Å²) in [6.45, 7) is 10.3. The molecule has 5 nitrogen and oxygen atoms in total. The molecule has 1 heterocycles. The van der Waals surface area contributed by atoms with Gasteiger partial charge in [-0.25, -0.2) is 4.99 Å². The number of carbonyl (C=O) groups is 1. The van der Waals surface area contributed by atoms with Crippen LogP contribution in [0.3, 0.4) is 0 Å². The van der Waals surface area contributed by atoms with E-state index in [9.17, 15) is 4.79 Å². The molecule has 0 radical (unpaired) electrons. The van der Waals surface area contributed by atoms with Crippen molar-refractivity contribution in [2.24, 2.45) is 10.4 Å². The molecule has 1 amide bonds. The maximum Gasteiger partial charge on any atom is 0.253 e. The van der Waals surface area contributed by atoms with Gasteiger partial charge in [0.15, 0.2) is 5.96 Å². The molecule has 132 valence electrons. The van der Waals surface area contributed by atoms with Gasteiger partial charge in [-0.05, 0) is 36.5 Å². The Morgan fingerprint density at radius 2 is 1.96 bits per heavy atom. The van der Waals surface area contributed by atoms with Crippen LogP contribution in [-0.4, -0.2) is 55.4 Å². The number of likely N-dealkylation sites (tertiary alicyclic amines) is 1. The van der Waals surface area contributed by atoms with Gasteiger partial charge in [0.1, 0.15) is 0 Å². The van der Waals surface area contributed by atoms with Crippen molar-refractivity contribution < 1.29 is 4.79 Å². The summed E-state index contributed by atoms with van der Waals surface area (Å²) in [7, 11) is 3.53. The maximum atomic E-state index is 11.9. The first-order valence-corrected chi connectivity index (χ1v) is 8.66. The largest absolute Gasteiger partial charge is 0.357 e. The quantitative estimate of drug-likeness (QED) is 0.682. The van der Waals surface area contributed by atoms with Gasteiger partial charge in [-0.1, -0.05) is 26.0 Å². The number of nitrogens with zero attached hydrogens (tertiary/aromatic N) is 3. The van der Waals surface area contributed by atoms with E-state index in [0.717, 1.165) is 31.2 Å². The van der Waals surface area contributed by atoms with Crippen molar-refractivity contribution in [1.82, 2.24) is 15.1 Å². The summed E-state index contributed by atoms with van der Waals surface area (Å²) in [4.78, 5) is 20.6. The van der Waals surface area contributed by atoms with Gasteiger partial charge in [0.05, 0.1) is 6.54 Å². The molecule has 1 aromatic carbocycles. The second-order valence-corrected chi connectivity index (χ2v) is 7.40. The summed E-state index contributed by atoms with van der Waals surface area (Å²) in [5.74, 6) is 1.01. The van der Waals surface area contributed by atoms with Crippen molar-refractivity contribution in [3.05, 3.63) is 35.4 Å². The highest BCUT2D eigenvalue weighted by molar-refractivity contribution is 5.93. The lowest BCUT2D eigenvalue weighted by atomic mass is 9.93. The smallest absolute Gasteiger partial charge is 0.253 e. The first-order chi connectivity index (χ1) is 11.3. The van der Waals surface area contributed by atoms with Crippen molar-refractivity contribution in [3.63, 3.8) is 0 Å². The average Bonchev–Trinajstić information content (AvgIpc) is 2.91. The highest BCUT2D eigenvalue weighted by Crippen LogP contribution is 2.28. The minimum Gasteiger partial charge on any atom is -0.357 e. The number of guanidine groups is 1. The standard InChI is InChI=1S/C19H30N4O/c1-6-20-18(23-12-11-19(2,3)14-23)21-13-15-7-9-16(10-8-15)17(24)22(4)5/h7-10H,6,11-14H2,1-5H3,(H,20,21). The van der Waals surface area contributed by atoms with Crippen LogP contribution in [0, 0.1) is 5.41 Å². The summed E-state index contributed by atoms with van der Waals surface area (Å²) in [6.07, 6.45) is 1.19. The number of carbonyl (C=O) groups excluding carboxylic acids is 1. The molecule has 1 aromatic rings. The third-order valence-electron chi connectivity index (χ3n) is 4.33. The fourth-order valence-corrected chi connectivity index (χ4v) is 2.90. The minimum atomic E-state index is 0.0256. The van der Waals surface area contributed by atoms with Gasteiger partial charge in [-0.2, -0.15) is 0 Å². The maximum absolute atomic E-state index is 11.9. The van der Waals surface area contributed by atoms with Gasteiger partial charge in [-0.3, -0.25) is 4.79 Å². The third-order valence-corrected chi connectivity index (χ3v) is 4.33. The fourth-order valence-electron chi connectivity index (χ4n) is 2.90. The Morgan fingerprint density at radius 1 is 1.29 bits per heavy atom. The molecule has 0 bridgehead atoms. The van der Waals surface area contributed by atoms with E-state index in [2.05, 4.69) is 31.0 Å². The molecule has 24 heavy (non-hydrogen) atoms. The molecule has 5 heteroatoms. The van der Waals surface area contributed by atoms with E-state index < -0.39 is 0 Å². The normalized spacial score (nSPS) is 17.0. The Hall–Kier alpha value is -2.04. The van der Waals surface area contributed by atoms with Crippen molar-refractivity contribution >= 4 is 11.9 Å². The van der Waals surface area contributed by atoms with Crippen LogP contribution in [0.4, 0.5) is 0 Å².